The molecule has 0 radical (unpaired) electrons. The van der Waals surface area contributed by atoms with E-state index in [4.69, 9.17) is 16.3 Å². The van der Waals surface area contributed by atoms with Crippen LogP contribution in [0.5, 0.6) is 11.5 Å². The molecule has 4 aromatic rings. The molecule has 0 aliphatic heterocycles. The molecule has 4 aromatic carbocycles. The zero-order chi connectivity index (χ0) is 22.0. The number of aromatic hydroxyl groups is 1. The second kappa shape index (κ2) is 8.58. The molecule has 0 aromatic heterocycles. The van der Waals surface area contributed by atoms with Crippen LogP contribution >= 0.6 is 11.6 Å². The van der Waals surface area contributed by atoms with E-state index < -0.39 is 5.97 Å². The van der Waals surface area contributed by atoms with Crippen molar-refractivity contribution in [2.24, 2.45) is 10.2 Å². The molecule has 0 unspecified atom stereocenters. The van der Waals surface area contributed by atoms with Gasteiger partial charge in [-0.3, -0.25) is 0 Å². The molecule has 0 spiro atoms. The van der Waals surface area contributed by atoms with Crippen LogP contribution in [-0.4, -0.2) is 11.1 Å². The molecule has 154 valence electrons. The lowest BCUT2D eigenvalue weighted by Gasteiger charge is -2.11. The second-order valence-corrected chi connectivity index (χ2v) is 7.54. The van der Waals surface area contributed by atoms with Gasteiger partial charge >= 0.3 is 5.97 Å². The highest BCUT2D eigenvalue weighted by atomic mass is 35.5. The minimum Gasteiger partial charge on any atom is -0.505 e. The molecule has 0 atom stereocenters. The van der Waals surface area contributed by atoms with Crippen molar-refractivity contribution in [1.29, 1.82) is 0 Å². The van der Waals surface area contributed by atoms with E-state index in [1.807, 2.05) is 44.2 Å². The number of esters is 1. The number of halogens is 1. The van der Waals surface area contributed by atoms with E-state index >= 15 is 0 Å². The van der Waals surface area contributed by atoms with Gasteiger partial charge in [0, 0.05) is 10.4 Å². The van der Waals surface area contributed by atoms with E-state index in [0.717, 1.165) is 16.5 Å². The quantitative estimate of drug-likeness (QED) is 0.207. The van der Waals surface area contributed by atoms with E-state index in [-0.39, 0.29) is 17.0 Å². The minimum atomic E-state index is -0.677. The van der Waals surface area contributed by atoms with Crippen LogP contribution in [0.25, 0.3) is 10.8 Å². The molecule has 0 aliphatic rings. The lowest BCUT2D eigenvalue weighted by Crippen LogP contribution is -2.09. The highest BCUT2D eigenvalue weighted by molar-refractivity contribution is 6.31. The van der Waals surface area contributed by atoms with Crippen LogP contribution in [0.4, 0.5) is 11.4 Å². The predicted octanol–water partition coefficient (Wildman–Crippen LogP) is 7.45. The molecular weight excluding hydrogens is 412 g/mol. The number of hydrogen-bond donors (Lipinski definition) is 1. The Kier molecular flexibility index (Phi) is 5.69. The fourth-order valence-corrected chi connectivity index (χ4v) is 3.39. The Morgan fingerprint density at radius 1 is 0.935 bits per heavy atom. The predicted molar refractivity (Wildman–Crippen MR) is 122 cm³/mol. The summed E-state index contributed by atoms with van der Waals surface area (Å²) in [6.45, 7) is 3.74. The van der Waals surface area contributed by atoms with Gasteiger partial charge in [0.25, 0.3) is 0 Å². The maximum Gasteiger partial charge on any atom is 0.347 e. The maximum atomic E-state index is 12.8. The van der Waals surface area contributed by atoms with E-state index in [0.29, 0.717) is 21.8 Å². The molecule has 0 aliphatic carbocycles. The van der Waals surface area contributed by atoms with Crippen LogP contribution in [0.2, 0.25) is 5.02 Å². The molecule has 0 amide bonds. The molecule has 0 heterocycles. The van der Waals surface area contributed by atoms with Crippen LogP contribution < -0.4 is 4.74 Å². The van der Waals surface area contributed by atoms with Crippen LogP contribution in [0, 0.1) is 13.8 Å². The topological polar surface area (TPSA) is 71.2 Å². The molecule has 0 saturated carbocycles. The summed E-state index contributed by atoms with van der Waals surface area (Å²) < 4.78 is 5.47. The third-order valence-corrected chi connectivity index (χ3v) is 5.32. The summed E-state index contributed by atoms with van der Waals surface area (Å²) in [4.78, 5) is 12.8. The van der Waals surface area contributed by atoms with E-state index in [1.54, 1.807) is 42.5 Å². The molecule has 5 nitrogen and oxygen atoms in total. The number of carbonyl (C=O) groups is 1. The summed E-state index contributed by atoms with van der Waals surface area (Å²) in [6, 6.07) is 21.4. The van der Waals surface area contributed by atoms with Gasteiger partial charge in [0.05, 0.1) is 5.69 Å². The number of phenols is 1. The van der Waals surface area contributed by atoms with E-state index in [1.165, 1.54) is 0 Å². The van der Waals surface area contributed by atoms with Crippen LogP contribution in [0.15, 0.2) is 83.0 Å². The van der Waals surface area contributed by atoms with Crippen molar-refractivity contribution in [2.75, 3.05) is 0 Å². The number of phenolic OH excluding ortho intramolecular Hbond substituents is 1. The molecule has 4 rings (SSSR count). The van der Waals surface area contributed by atoms with E-state index in [2.05, 4.69) is 10.2 Å². The second-order valence-electron chi connectivity index (χ2n) is 7.13. The first-order chi connectivity index (χ1) is 14.9. The Morgan fingerprint density at radius 3 is 2.52 bits per heavy atom. The largest absolute Gasteiger partial charge is 0.505 e. The van der Waals surface area contributed by atoms with Gasteiger partial charge < -0.3 is 9.84 Å². The SMILES string of the molecule is Cc1cccc(OC(=O)c2cc3ccccc3c(N=Nc3cccc(Cl)c3C)c2O)c1. The van der Waals surface area contributed by atoms with Crippen LogP contribution in [0.3, 0.4) is 0 Å². The number of azo groups is 1. The highest BCUT2D eigenvalue weighted by Gasteiger charge is 2.20. The zero-order valence-electron chi connectivity index (χ0n) is 17.0. The number of fused-ring (bicyclic) bond motifs is 1. The Hall–Kier alpha value is -3.70. The number of carbonyl (C=O) groups excluding carboxylic acids is 1. The van der Waals surface area contributed by atoms with Crippen molar-refractivity contribution < 1.29 is 14.6 Å². The average molecular weight is 431 g/mol. The van der Waals surface area contributed by atoms with Crippen molar-refractivity contribution in [3.8, 4) is 11.5 Å². The molecular formula is C25H19ClN2O3. The van der Waals surface area contributed by atoms with Gasteiger partial charge in [0.1, 0.15) is 17.0 Å². The van der Waals surface area contributed by atoms with Crippen LogP contribution in [-0.2, 0) is 0 Å². The van der Waals surface area contributed by atoms with Crippen molar-refractivity contribution in [3.05, 3.63) is 94.5 Å². The summed E-state index contributed by atoms with van der Waals surface area (Å²) >= 11 is 6.16. The van der Waals surface area contributed by atoms with Gasteiger partial charge in [-0.2, -0.15) is 5.11 Å². The molecule has 0 bridgehead atoms. The lowest BCUT2D eigenvalue weighted by molar-refractivity contribution is 0.0732. The number of rotatable bonds is 4. The van der Waals surface area contributed by atoms with Gasteiger partial charge in [-0.25, -0.2) is 4.79 Å². The smallest absolute Gasteiger partial charge is 0.347 e. The summed E-state index contributed by atoms with van der Waals surface area (Å²) in [7, 11) is 0. The molecule has 0 fully saturated rings. The first-order valence-corrected chi connectivity index (χ1v) is 10.0. The third-order valence-electron chi connectivity index (χ3n) is 4.91. The first-order valence-electron chi connectivity index (χ1n) is 9.64. The highest BCUT2D eigenvalue weighted by Crippen LogP contribution is 2.40. The van der Waals surface area contributed by atoms with Gasteiger partial charge in [-0.05, 0) is 60.7 Å². The van der Waals surface area contributed by atoms with Gasteiger partial charge in [-0.15, -0.1) is 5.11 Å². The molecule has 31 heavy (non-hydrogen) atoms. The Morgan fingerprint density at radius 2 is 1.71 bits per heavy atom. The summed E-state index contributed by atoms with van der Waals surface area (Å²) in [5.74, 6) is -0.570. The average Bonchev–Trinajstić information content (AvgIpc) is 2.75. The van der Waals surface area contributed by atoms with Gasteiger partial charge in [0.2, 0.25) is 0 Å². The number of ether oxygens (including phenoxy) is 1. The standard InChI is InChI=1S/C25H19ClN2O3/c1-15-7-5-9-18(13-15)31-25(30)20-14-17-8-3-4-10-19(17)23(24(20)29)28-27-22-12-6-11-21(26)16(22)2/h3-14,29H,1-2H3. The number of aryl methyl sites for hydroxylation is 1. The zero-order valence-corrected chi connectivity index (χ0v) is 17.7. The lowest BCUT2D eigenvalue weighted by atomic mass is 10.0. The Balaban J connectivity index is 1.79. The van der Waals surface area contributed by atoms with Crippen molar-refractivity contribution in [3.63, 3.8) is 0 Å². The summed E-state index contributed by atoms with van der Waals surface area (Å²) in [5, 5.41) is 21.4. The number of hydrogen-bond acceptors (Lipinski definition) is 5. The van der Waals surface area contributed by atoms with Gasteiger partial charge in [-0.1, -0.05) is 54.1 Å². The van der Waals surface area contributed by atoms with Crippen LogP contribution in [0.1, 0.15) is 21.5 Å². The fourth-order valence-electron chi connectivity index (χ4n) is 3.22. The maximum absolute atomic E-state index is 12.8. The summed E-state index contributed by atoms with van der Waals surface area (Å²) in [6.07, 6.45) is 0. The van der Waals surface area contributed by atoms with Gasteiger partial charge in [0.15, 0.2) is 5.75 Å². The van der Waals surface area contributed by atoms with E-state index in [9.17, 15) is 9.90 Å². The Bertz CT molecular complexity index is 1330. The monoisotopic (exact) mass is 430 g/mol. The number of benzene rings is 4. The molecule has 1 N–H and O–H groups in total. The minimum absolute atomic E-state index is 0.0111. The molecule has 0 saturated heterocycles. The van der Waals surface area contributed by atoms with Crippen molar-refractivity contribution in [1.82, 2.24) is 0 Å². The summed E-state index contributed by atoms with van der Waals surface area (Å²) in [5.41, 5.74) is 2.50. The molecule has 6 heteroatoms. The Labute approximate surface area is 184 Å². The number of nitrogens with zero attached hydrogens (tertiary/aromatic N) is 2. The van der Waals surface area contributed by atoms with Crippen molar-refractivity contribution >= 4 is 39.7 Å². The third kappa shape index (κ3) is 4.27. The fraction of sp³-hybridized carbons (Fsp3) is 0.0800. The first kappa shape index (κ1) is 20.6. The normalized spacial score (nSPS) is 11.2. The van der Waals surface area contributed by atoms with Crippen molar-refractivity contribution in [2.45, 2.75) is 13.8 Å².